The van der Waals surface area contributed by atoms with Crippen LogP contribution in [0.25, 0.3) is 0 Å². The van der Waals surface area contributed by atoms with Crippen molar-refractivity contribution in [2.75, 3.05) is 7.11 Å². The van der Waals surface area contributed by atoms with Gasteiger partial charge in [0.05, 0.1) is 24.4 Å². The van der Waals surface area contributed by atoms with Gasteiger partial charge in [-0.1, -0.05) is 32.9 Å². The van der Waals surface area contributed by atoms with E-state index in [1.54, 1.807) is 13.8 Å². The number of aliphatic hydroxyl groups excluding tert-OH is 1. The molecule has 0 aromatic heterocycles. The lowest BCUT2D eigenvalue weighted by molar-refractivity contribution is -0.180. The fraction of sp³-hybridized carbons (Fsp3) is 0.903. The molecule has 3 N–H and O–H groups in total. The van der Waals surface area contributed by atoms with E-state index in [0.717, 1.165) is 44.9 Å². The largest absolute Gasteiger partial charge is 0.469 e. The van der Waals surface area contributed by atoms with Crippen molar-refractivity contribution in [3.63, 3.8) is 0 Å². The summed E-state index contributed by atoms with van der Waals surface area (Å²) >= 11 is 0. The number of rotatable bonds is 9. The van der Waals surface area contributed by atoms with E-state index in [4.69, 9.17) is 4.74 Å². The Morgan fingerprint density at radius 3 is 2.22 bits per heavy atom. The summed E-state index contributed by atoms with van der Waals surface area (Å²) < 4.78 is 5.02. The van der Waals surface area contributed by atoms with Crippen LogP contribution in [0.4, 0.5) is 0 Å². The molecule has 0 bridgehead atoms. The summed E-state index contributed by atoms with van der Waals surface area (Å²) in [7, 11) is 1.48. The van der Waals surface area contributed by atoms with E-state index < -0.39 is 17.3 Å². The molecule has 0 spiro atoms. The highest BCUT2D eigenvalue weighted by molar-refractivity contribution is 5.69. The van der Waals surface area contributed by atoms with Gasteiger partial charge in [0, 0.05) is 6.42 Å². The van der Waals surface area contributed by atoms with Gasteiger partial charge in [-0.25, -0.2) is 0 Å². The monoisotopic (exact) mass is 506 g/mol. The Hall–Kier alpha value is -0.910. The number of methoxy groups -OCH3 is 1. The van der Waals surface area contributed by atoms with Crippen LogP contribution in [0.15, 0.2) is 12.2 Å². The van der Waals surface area contributed by atoms with Crippen molar-refractivity contribution in [3.8, 4) is 0 Å². The number of hydrogen-bond donors (Lipinski definition) is 3. The van der Waals surface area contributed by atoms with Crippen LogP contribution in [0.1, 0.15) is 113 Å². The van der Waals surface area contributed by atoms with Gasteiger partial charge in [-0.15, -0.1) is 0 Å². The SMILES string of the molecule is C=C(C)[C@@H]1CC[C@]2(C)[C@H](CC[C@@H]3[C@@H]([C@](C)(O)CC[C@@H](O)C(C)(C)O)CC[C@]32C)[C@@]1(C)CCC(=O)OC. The Kier molecular flexibility index (Phi) is 8.24. The minimum absolute atomic E-state index is 0.00156. The predicted molar refractivity (Wildman–Crippen MR) is 144 cm³/mol. The van der Waals surface area contributed by atoms with Crippen LogP contribution in [0, 0.1) is 39.9 Å². The lowest BCUT2D eigenvalue weighted by atomic mass is 9.38. The number of carbonyl (C=O) groups excluding carboxylic acids is 1. The molecule has 0 aromatic rings. The highest BCUT2D eigenvalue weighted by atomic mass is 16.5. The van der Waals surface area contributed by atoms with Crippen LogP contribution in [0.5, 0.6) is 0 Å². The second-order valence-electron chi connectivity index (χ2n) is 14.3. The summed E-state index contributed by atoms with van der Waals surface area (Å²) in [6.07, 6.45) is 7.86. The van der Waals surface area contributed by atoms with Crippen LogP contribution in [0.3, 0.4) is 0 Å². The van der Waals surface area contributed by atoms with Crippen LogP contribution in [-0.2, 0) is 9.53 Å². The van der Waals surface area contributed by atoms with Gasteiger partial charge < -0.3 is 20.1 Å². The zero-order valence-electron chi connectivity index (χ0n) is 24.3. The Morgan fingerprint density at radius 1 is 1.06 bits per heavy atom. The van der Waals surface area contributed by atoms with E-state index >= 15 is 0 Å². The van der Waals surface area contributed by atoms with Crippen LogP contribution >= 0.6 is 0 Å². The highest BCUT2D eigenvalue weighted by Gasteiger charge is 2.67. The van der Waals surface area contributed by atoms with Crippen molar-refractivity contribution in [3.05, 3.63) is 12.2 Å². The standard InChI is InChI=1S/C31H54O5/c1-20(2)21-12-18-30(7)24(28(21,5)16-15-26(33)36-9)11-10-22-23(13-17-29(22,30)6)31(8,35)19-14-25(32)27(3,4)34/h21-25,32,34-35H,1,10-19H2,2-9H3/t21-,22+,23-,24+,25+,28-,29+,30+,31+/m0/s1. The number of ether oxygens (including phenoxy) is 1. The molecule has 0 amide bonds. The van der Waals surface area contributed by atoms with Crippen LogP contribution < -0.4 is 0 Å². The average molecular weight is 507 g/mol. The summed E-state index contributed by atoms with van der Waals surface area (Å²) in [5, 5.41) is 32.3. The second kappa shape index (κ2) is 10.0. The summed E-state index contributed by atoms with van der Waals surface area (Å²) in [5.41, 5.74) is -0.563. The first kappa shape index (κ1) is 29.6. The fourth-order valence-corrected chi connectivity index (χ4v) is 9.45. The van der Waals surface area contributed by atoms with Crippen LogP contribution in [-0.4, -0.2) is 45.7 Å². The third-order valence-electron chi connectivity index (χ3n) is 11.9. The minimum Gasteiger partial charge on any atom is -0.469 e. The van der Waals surface area contributed by atoms with Crippen molar-refractivity contribution >= 4 is 5.97 Å². The van der Waals surface area contributed by atoms with E-state index in [1.165, 1.54) is 12.7 Å². The zero-order valence-corrected chi connectivity index (χ0v) is 24.3. The van der Waals surface area contributed by atoms with E-state index in [2.05, 4.69) is 34.3 Å². The van der Waals surface area contributed by atoms with Gasteiger partial charge in [0.2, 0.25) is 0 Å². The number of carbonyl (C=O) groups is 1. The molecular weight excluding hydrogens is 452 g/mol. The summed E-state index contributed by atoms with van der Waals surface area (Å²) in [5.74, 6) is 1.39. The molecule has 0 heterocycles. The van der Waals surface area contributed by atoms with Crippen molar-refractivity contribution < 1.29 is 24.9 Å². The summed E-state index contributed by atoms with van der Waals surface area (Å²) in [6.45, 7) is 19.1. The predicted octanol–water partition coefficient (Wildman–Crippen LogP) is 6.04. The molecule has 36 heavy (non-hydrogen) atoms. The van der Waals surface area contributed by atoms with Gasteiger partial charge in [0.25, 0.3) is 0 Å². The molecule has 3 rings (SSSR count). The number of allylic oxidation sites excluding steroid dienone is 1. The maximum atomic E-state index is 12.2. The molecule has 0 aliphatic heterocycles. The van der Waals surface area contributed by atoms with Gasteiger partial charge in [-0.05, 0) is 125 Å². The molecule has 0 unspecified atom stereocenters. The number of fused-ring (bicyclic) bond motifs is 3. The lowest BCUT2D eigenvalue weighted by Gasteiger charge is -2.66. The molecule has 5 nitrogen and oxygen atoms in total. The van der Waals surface area contributed by atoms with E-state index in [-0.39, 0.29) is 28.1 Å². The number of aliphatic hydroxyl groups is 3. The molecule has 208 valence electrons. The van der Waals surface area contributed by atoms with Gasteiger partial charge in [-0.3, -0.25) is 4.79 Å². The molecule has 3 aliphatic carbocycles. The first-order valence-electron chi connectivity index (χ1n) is 14.3. The van der Waals surface area contributed by atoms with E-state index in [1.807, 2.05) is 6.92 Å². The quantitative estimate of drug-likeness (QED) is 0.262. The fourth-order valence-electron chi connectivity index (χ4n) is 9.45. The molecule has 3 aliphatic rings. The lowest BCUT2D eigenvalue weighted by Crippen LogP contribution is -2.60. The average Bonchev–Trinajstić information content (AvgIpc) is 3.14. The molecule has 5 heteroatoms. The highest BCUT2D eigenvalue weighted by Crippen LogP contribution is 2.74. The van der Waals surface area contributed by atoms with Crippen molar-refractivity contribution in [2.45, 2.75) is 130 Å². The Bertz CT molecular complexity index is 827. The molecule has 3 fully saturated rings. The molecule has 0 aromatic carbocycles. The molecule has 9 atom stereocenters. The Morgan fingerprint density at radius 2 is 1.67 bits per heavy atom. The first-order valence-corrected chi connectivity index (χ1v) is 14.3. The minimum atomic E-state index is -1.16. The van der Waals surface area contributed by atoms with E-state index in [9.17, 15) is 20.1 Å². The van der Waals surface area contributed by atoms with E-state index in [0.29, 0.717) is 37.0 Å². The van der Waals surface area contributed by atoms with Crippen molar-refractivity contribution in [1.82, 2.24) is 0 Å². The van der Waals surface area contributed by atoms with Crippen molar-refractivity contribution in [2.24, 2.45) is 39.9 Å². The molecule has 0 radical (unpaired) electrons. The number of esters is 1. The summed E-state index contributed by atoms with van der Waals surface area (Å²) in [4.78, 5) is 12.2. The van der Waals surface area contributed by atoms with Crippen molar-refractivity contribution in [1.29, 1.82) is 0 Å². The van der Waals surface area contributed by atoms with Crippen LogP contribution in [0.2, 0.25) is 0 Å². The second-order valence-corrected chi connectivity index (χ2v) is 14.3. The normalized spacial score (nSPS) is 41.1. The molecular formula is C31H54O5. The Labute approximate surface area is 220 Å². The zero-order chi connectivity index (χ0) is 27.3. The third kappa shape index (κ3) is 4.94. The topological polar surface area (TPSA) is 87.0 Å². The maximum Gasteiger partial charge on any atom is 0.305 e. The molecule has 0 saturated heterocycles. The number of hydrogen-bond acceptors (Lipinski definition) is 5. The molecule has 3 saturated carbocycles. The van der Waals surface area contributed by atoms with Gasteiger partial charge in [0.1, 0.15) is 0 Å². The van der Waals surface area contributed by atoms with Gasteiger partial charge >= 0.3 is 5.97 Å². The first-order chi connectivity index (χ1) is 16.4. The third-order valence-corrected chi connectivity index (χ3v) is 11.9. The maximum absolute atomic E-state index is 12.2. The Balaban J connectivity index is 1.88. The van der Waals surface area contributed by atoms with Gasteiger partial charge in [0.15, 0.2) is 0 Å². The smallest absolute Gasteiger partial charge is 0.305 e. The summed E-state index contributed by atoms with van der Waals surface area (Å²) in [6, 6.07) is 0. The van der Waals surface area contributed by atoms with Gasteiger partial charge in [-0.2, -0.15) is 0 Å².